The minimum atomic E-state index is -3.81. The third-order valence-corrected chi connectivity index (χ3v) is 1.41. The largest absolute Gasteiger partial charge is 0.344 e. The third kappa shape index (κ3) is 302. The molecule has 0 saturated carbocycles. The summed E-state index contributed by atoms with van der Waals surface area (Å²) in [7, 11) is 0. The highest BCUT2D eigenvalue weighted by atomic mass is 32.5. The number of hydrogen-bond acceptors (Lipinski definition) is 3. The quantitative estimate of drug-likeness (QED) is 0.359. The van der Waals surface area contributed by atoms with Gasteiger partial charge in [0.15, 0.2) is 0 Å². The zero-order chi connectivity index (χ0) is 17.2. The molecule has 0 saturated heterocycles. The van der Waals surface area contributed by atoms with Gasteiger partial charge in [0.05, 0.1) is 0 Å². The van der Waals surface area contributed by atoms with Crippen LogP contribution in [0.2, 0.25) is 0 Å². The van der Waals surface area contributed by atoms with Gasteiger partial charge in [-0.3, -0.25) is 0 Å². The molecule has 0 aliphatic rings. The SMILES string of the molecule is CCCCC.CCCCC.N.OP(O)(O)=S.OP(O)(O)=S. The molecule has 0 rings (SSSR count). The second-order valence-corrected chi connectivity index (χ2v) is 8.73. The lowest BCUT2D eigenvalue weighted by molar-refractivity contribution is 0.361. The van der Waals surface area contributed by atoms with E-state index in [1.165, 1.54) is 38.5 Å². The van der Waals surface area contributed by atoms with E-state index in [0.717, 1.165) is 0 Å². The molecule has 0 aromatic rings. The van der Waals surface area contributed by atoms with Gasteiger partial charge in [-0.2, -0.15) is 0 Å². The fourth-order valence-electron chi connectivity index (χ4n) is 0.707. The van der Waals surface area contributed by atoms with E-state index in [-0.39, 0.29) is 6.15 Å². The third-order valence-electron chi connectivity index (χ3n) is 1.41. The summed E-state index contributed by atoms with van der Waals surface area (Å²) in [5.41, 5.74) is 0. The molecule has 0 atom stereocenters. The highest BCUT2D eigenvalue weighted by Crippen LogP contribution is 2.26. The lowest BCUT2D eigenvalue weighted by Crippen LogP contribution is -1.65. The van der Waals surface area contributed by atoms with Gasteiger partial charge in [0.2, 0.25) is 0 Å². The lowest BCUT2D eigenvalue weighted by Gasteiger charge is -1.88. The maximum absolute atomic E-state index is 7.56. The van der Waals surface area contributed by atoms with Gasteiger partial charge in [-0.05, 0) is 23.6 Å². The summed E-state index contributed by atoms with van der Waals surface area (Å²) in [5, 5.41) is 0. The predicted molar refractivity (Wildman–Crippen MR) is 97.3 cm³/mol. The second-order valence-electron chi connectivity index (χ2n) is 3.73. The molecule has 0 aliphatic carbocycles. The molecule has 0 aromatic heterocycles. The molecule has 0 fully saturated rings. The van der Waals surface area contributed by atoms with Crippen LogP contribution in [0.4, 0.5) is 0 Å². The van der Waals surface area contributed by atoms with Gasteiger partial charge in [0, 0.05) is 0 Å². The Balaban J connectivity index is -0.0000000533. The summed E-state index contributed by atoms with van der Waals surface area (Å²) in [5.74, 6) is 0. The number of rotatable bonds is 4. The average Bonchev–Trinajstić information content (AvgIpc) is 2.15. The zero-order valence-electron chi connectivity index (χ0n) is 13.3. The average molecular weight is 389 g/mol. The van der Waals surface area contributed by atoms with Gasteiger partial charge in [-0.15, -0.1) is 0 Å². The molecule has 9 N–H and O–H groups in total. The van der Waals surface area contributed by atoms with E-state index in [1.54, 1.807) is 0 Å². The summed E-state index contributed by atoms with van der Waals surface area (Å²) >= 11 is 7.21. The molecule has 0 bridgehead atoms. The monoisotopic (exact) mass is 389 g/mol. The first-order valence-corrected chi connectivity index (χ1v) is 11.7. The molecule has 21 heavy (non-hydrogen) atoms. The van der Waals surface area contributed by atoms with Crippen molar-refractivity contribution in [1.29, 1.82) is 0 Å². The van der Waals surface area contributed by atoms with Gasteiger partial charge in [0.25, 0.3) is 0 Å². The molecule has 11 heteroatoms. The summed E-state index contributed by atoms with van der Waals surface area (Å²) in [4.78, 5) is 45.3. The summed E-state index contributed by atoms with van der Waals surface area (Å²) < 4.78 is 0. The van der Waals surface area contributed by atoms with Crippen molar-refractivity contribution in [2.75, 3.05) is 0 Å². The van der Waals surface area contributed by atoms with Crippen LogP contribution in [-0.2, 0) is 23.6 Å². The van der Waals surface area contributed by atoms with Crippen LogP contribution in [0.25, 0.3) is 0 Å². The van der Waals surface area contributed by atoms with Crippen LogP contribution >= 0.6 is 13.4 Å². The van der Waals surface area contributed by atoms with E-state index in [0.29, 0.717) is 0 Å². The summed E-state index contributed by atoms with van der Waals surface area (Å²) in [6, 6.07) is 0. The van der Waals surface area contributed by atoms with Crippen molar-refractivity contribution < 1.29 is 29.4 Å². The van der Waals surface area contributed by atoms with Crippen molar-refractivity contribution >= 4 is 37.1 Å². The fourth-order valence-corrected chi connectivity index (χ4v) is 0.707. The topological polar surface area (TPSA) is 156 Å². The van der Waals surface area contributed by atoms with Crippen LogP contribution in [0.1, 0.15) is 66.2 Å². The minimum Gasteiger partial charge on any atom is -0.344 e. The predicted octanol–water partition coefficient (Wildman–Crippen LogP) is 2.93. The molecule has 0 aliphatic heterocycles. The standard InChI is InChI=1S/2C5H12.H3N.2H3O3PS/c2*1-3-5-4-2;;2*1-4(2,3)5/h2*3-5H2,1-2H3;1H3;2*(H3,1,2,3,5). The molecular formula is C10H33NO6P2S2. The van der Waals surface area contributed by atoms with Gasteiger partial charge in [-0.1, -0.05) is 66.2 Å². The minimum absolute atomic E-state index is 0. The van der Waals surface area contributed by atoms with Crippen LogP contribution in [0.5, 0.6) is 0 Å². The smallest absolute Gasteiger partial charge is 0.319 e. The highest BCUT2D eigenvalue weighted by molar-refractivity contribution is 8.06. The van der Waals surface area contributed by atoms with Gasteiger partial charge in [-0.25, -0.2) is 0 Å². The molecular weight excluding hydrogens is 356 g/mol. The van der Waals surface area contributed by atoms with E-state index in [9.17, 15) is 0 Å². The first-order valence-electron chi connectivity index (χ1n) is 6.39. The van der Waals surface area contributed by atoms with Crippen molar-refractivity contribution in [1.82, 2.24) is 6.15 Å². The molecule has 0 spiro atoms. The molecule has 136 valence electrons. The highest BCUT2D eigenvalue weighted by Gasteiger charge is 1.92. The summed E-state index contributed by atoms with van der Waals surface area (Å²) in [6.45, 7) is 1.24. The Morgan fingerprint density at radius 3 is 0.667 bits per heavy atom. The van der Waals surface area contributed by atoms with Crippen LogP contribution in [0.15, 0.2) is 0 Å². The lowest BCUT2D eigenvalue weighted by atomic mass is 10.3. The second kappa shape index (κ2) is 23.3. The Morgan fingerprint density at radius 1 is 0.571 bits per heavy atom. The van der Waals surface area contributed by atoms with E-state index in [1.807, 2.05) is 0 Å². The van der Waals surface area contributed by atoms with Crippen molar-refractivity contribution in [2.45, 2.75) is 66.2 Å². The van der Waals surface area contributed by atoms with E-state index < -0.39 is 13.4 Å². The number of unbranched alkanes of at least 4 members (excludes halogenated alkanes) is 4. The van der Waals surface area contributed by atoms with Crippen LogP contribution in [0.3, 0.4) is 0 Å². The Labute approximate surface area is 139 Å². The first kappa shape index (κ1) is 33.6. The zero-order valence-corrected chi connectivity index (χ0v) is 16.8. The van der Waals surface area contributed by atoms with E-state index in [2.05, 4.69) is 51.3 Å². The molecule has 7 nitrogen and oxygen atoms in total. The Bertz CT molecular complexity index is 213. The summed E-state index contributed by atoms with van der Waals surface area (Å²) in [6.07, 6.45) is 8.15. The fraction of sp³-hybridized carbons (Fsp3) is 1.00. The van der Waals surface area contributed by atoms with Crippen molar-refractivity contribution in [2.24, 2.45) is 0 Å². The van der Waals surface area contributed by atoms with Gasteiger partial charge in [0.1, 0.15) is 0 Å². The molecule has 0 aromatic carbocycles. The van der Waals surface area contributed by atoms with E-state index in [4.69, 9.17) is 29.4 Å². The van der Waals surface area contributed by atoms with Crippen LogP contribution in [-0.4, -0.2) is 29.4 Å². The normalized spacial score (nSPS) is 9.62. The Hall–Kier alpha value is 1.02. The maximum atomic E-state index is 7.56. The van der Waals surface area contributed by atoms with Gasteiger partial charge < -0.3 is 35.5 Å². The van der Waals surface area contributed by atoms with Crippen LogP contribution < -0.4 is 6.15 Å². The maximum Gasteiger partial charge on any atom is 0.319 e. The van der Waals surface area contributed by atoms with Crippen LogP contribution in [0, 0.1) is 0 Å². The van der Waals surface area contributed by atoms with E-state index >= 15 is 0 Å². The molecule has 0 unspecified atom stereocenters. The van der Waals surface area contributed by atoms with Gasteiger partial charge >= 0.3 is 13.4 Å². The molecule has 0 radical (unpaired) electrons. The van der Waals surface area contributed by atoms with Crippen molar-refractivity contribution in [3.8, 4) is 0 Å². The van der Waals surface area contributed by atoms with Crippen molar-refractivity contribution in [3.63, 3.8) is 0 Å². The Morgan fingerprint density at radius 2 is 0.667 bits per heavy atom. The first-order chi connectivity index (χ1) is 8.83. The number of hydrogen-bond donors (Lipinski definition) is 7. The molecule has 0 heterocycles. The Kier molecular flexibility index (Phi) is 37.2. The molecule has 0 amide bonds. The van der Waals surface area contributed by atoms with Crippen molar-refractivity contribution in [3.05, 3.63) is 0 Å².